The molecule has 1 heterocycles. The first-order chi connectivity index (χ1) is 8.19. The maximum Gasteiger partial charge on any atom is 0.158 e. The highest BCUT2D eigenvalue weighted by Crippen LogP contribution is 2.24. The van der Waals surface area contributed by atoms with Crippen molar-refractivity contribution in [2.45, 2.75) is 0 Å². The molecule has 0 amide bonds. The zero-order valence-electron chi connectivity index (χ0n) is 8.48. The van der Waals surface area contributed by atoms with Gasteiger partial charge in [-0.05, 0) is 18.2 Å². The van der Waals surface area contributed by atoms with E-state index in [1.165, 1.54) is 30.6 Å². The van der Waals surface area contributed by atoms with E-state index < -0.39 is 5.82 Å². The molecule has 0 radical (unpaired) electrons. The molecule has 0 unspecified atom stereocenters. The number of hydrogen-bond acceptors (Lipinski definition) is 4. The summed E-state index contributed by atoms with van der Waals surface area (Å²) >= 11 is 5.87. The quantitative estimate of drug-likeness (QED) is 0.888. The lowest BCUT2D eigenvalue weighted by atomic mass is 10.3. The Morgan fingerprint density at radius 1 is 1.29 bits per heavy atom. The van der Waals surface area contributed by atoms with E-state index in [4.69, 9.17) is 16.9 Å². The van der Waals surface area contributed by atoms with Crippen LogP contribution in [-0.4, -0.2) is 9.97 Å². The molecule has 0 spiro atoms. The van der Waals surface area contributed by atoms with Crippen LogP contribution in [0.5, 0.6) is 0 Å². The van der Waals surface area contributed by atoms with Crippen LogP contribution in [0.3, 0.4) is 0 Å². The van der Waals surface area contributed by atoms with Crippen molar-refractivity contribution in [3.63, 3.8) is 0 Å². The molecule has 0 fully saturated rings. The number of halogens is 2. The number of nitriles is 1. The summed E-state index contributed by atoms with van der Waals surface area (Å²) in [6, 6.07) is 5.81. The first kappa shape index (κ1) is 11.3. The molecular formula is C11H6ClFN4. The van der Waals surface area contributed by atoms with Crippen LogP contribution in [0.15, 0.2) is 30.6 Å². The predicted molar refractivity (Wildman–Crippen MR) is 61.4 cm³/mol. The summed E-state index contributed by atoms with van der Waals surface area (Å²) in [7, 11) is 0. The molecule has 84 valence electrons. The highest BCUT2D eigenvalue weighted by molar-refractivity contribution is 6.33. The van der Waals surface area contributed by atoms with Crippen LogP contribution in [0.4, 0.5) is 15.9 Å². The molecule has 0 aliphatic heterocycles. The Morgan fingerprint density at radius 3 is 2.76 bits per heavy atom. The summed E-state index contributed by atoms with van der Waals surface area (Å²) in [5, 5.41) is 11.7. The molecule has 1 aromatic carbocycles. The van der Waals surface area contributed by atoms with Crippen molar-refractivity contribution in [2.75, 3.05) is 5.32 Å². The van der Waals surface area contributed by atoms with Gasteiger partial charge in [-0.1, -0.05) is 11.6 Å². The summed E-state index contributed by atoms with van der Waals surface area (Å²) in [5.41, 5.74) is 0.603. The predicted octanol–water partition coefficient (Wildman–Crippen LogP) is 2.88. The second-order valence-corrected chi connectivity index (χ2v) is 3.56. The molecule has 6 heteroatoms. The standard InChI is InChI=1S/C11H6ClFN4/c12-9-2-1-7(13)3-10(9)17-11-6-15-8(4-14)5-16-11/h1-3,5-6H,(H,16,17). The van der Waals surface area contributed by atoms with Gasteiger partial charge in [0.05, 0.1) is 23.1 Å². The third-order valence-corrected chi connectivity index (χ3v) is 2.29. The number of anilines is 2. The van der Waals surface area contributed by atoms with Crippen molar-refractivity contribution < 1.29 is 4.39 Å². The topological polar surface area (TPSA) is 61.6 Å². The normalized spacial score (nSPS) is 9.71. The van der Waals surface area contributed by atoms with E-state index in [0.717, 1.165) is 0 Å². The van der Waals surface area contributed by atoms with Crippen molar-refractivity contribution >= 4 is 23.1 Å². The van der Waals surface area contributed by atoms with E-state index in [9.17, 15) is 4.39 Å². The van der Waals surface area contributed by atoms with Gasteiger partial charge in [0.2, 0.25) is 0 Å². The smallest absolute Gasteiger partial charge is 0.158 e. The minimum absolute atomic E-state index is 0.209. The van der Waals surface area contributed by atoms with Crippen molar-refractivity contribution in [1.82, 2.24) is 9.97 Å². The Bertz CT molecular complexity index is 577. The molecule has 0 saturated carbocycles. The second kappa shape index (κ2) is 4.76. The van der Waals surface area contributed by atoms with Crippen molar-refractivity contribution in [3.05, 3.63) is 47.1 Å². The van der Waals surface area contributed by atoms with Crippen LogP contribution < -0.4 is 5.32 Å². The Kier molecular flexibility index (Phi) is 3.17. The van der Waals surface area contributed by atoms with Gasteiger partial charge in [0.15, 0.2) is 5.69 Å². The van der Waals surface area contributed by atoms with Gasteiger partial charge in [-0.25, -0.2) is 14.4 Å². The third-order valence-electron chi connectivity index (χ3n) is 1.96. The van der Waals surface area contributed by atoms with Crippen LogP contribution in [0.2, 0.25) is 5.02 Å². The maximum absolute atomic E-state index is 13.0. The van der Waals surface area contributed by atoms with Crippen LogP contribution in [0, 0.1) is 17.1 Å². The minimum Gasteiger partial charge on any atom is -0.338 e. The summed E-state index contributed by atoms with van der Waals surface area (Å²) in [5.74, 6) is -0.0185. The molecule has 2 aromatic rings. The average Bonchev–Trinajstić information content (AvgIpc) is 2.35. The van der Waals surface area contributed by atoms with Crippen molar-refractivity contribution in [3.8, 4) is 6.07 Å². The molecule has 17 heavy (non-hydrogen) atoms. The summed E-state index contributed by atoms with van der Waals surface area (Å²) < 4.78 is 13.0. The summed E-state index contributed by atoms with van der Waals surface area (Å²) in [6.07, 6.45) is 2.69. The lowest BCUT2D eigenvalue weighted by Gasteiger charge is -2.06. The van der Waals surface area contributed by atoms with Crippen LogP contribution in [0.1, 0.15) is 5.69 Å². The SMILES string of the molecule is N#Cc1cnc(Nc2cc(F)ccc2Cl)cn1. The fourth-order valence-corrected chi connectivity index (χ4v) is 1.35. The molecular weight excluding hydrogens is 243 g/mol. The van der Waals surface area contributed by atoms with Crippen LogP contribution in [0.25, 0.3) is 0 Å². The van der Waals surface area contributed by atoms with E-state index in [1.807, 2.05) is 6.07 Å². The van der Waals surface area contributed by atoms with E-state index >= 15 is 0 Å². The highest BCUT2D eigenvalue weighted by Gasteiger charge is 2.03. The highest BCUT2D eigenvalue weighted by atomic mass is 35.5. The summed E-state index contributed by atoms with van der Waals surface area (Å²) in [4.78, 5) is 7.76. The molecule has 4 nitrogen and oxygen atoms in total. The summed E-state index contributed by atoms with van der Waals surface area (Å²) in [6.45, 7) is 0. The number of hydrogen-bond donors (Lipinski definition) is 1. The Morgan fingerprint density at radius 2 is 2.12 bits per heavy atom. The maximum atomic E-state index is 13.0. The molecule has 0 saturated heterocycles. The largest absolute Gasteiger partial charge is 0.338 e. The van der Waals surface area contributed by atoms with Crippen molar-refractivity contribution in [1.29, 1.82) is 5.26 Å². The number of nitrogens with one attached hydrogen (secondary N) is 1. The van der Waals surface area contributed by atoms with Gasteiger partial charge in [0.1, 0.15) is 17.7 Å². The fraction of sp³-hybridized carbons (Fsp3) is 0. The van der Waals surface area contributed by atoms with Crippen molar-refractivity contribution in [2.24, 2.45) is 0 Å². The number of nitrogens with zero attached hydrogens (tertiary/aromatic N) is 3. The zero-order chi connectivity index (χ0) is 12.3. The van der Waals surface area contributed by atoms with E-state index in [2.05, 4.69) is 15.3 Å². The lowest BCUT2D eigenvalue weighted by molar-refractivity contribution is 0.628. The molecule has 0 bridgehead atoms. The van der Waals surface area contributed by atoms with E-state index in [0.29, 0.717) is 16.5 Å². The molecule has 0 aliphatic rings. The molecule has 1 N–H and O–H groups in total. The van der Waals surface area contributed by atoms with E-state index in [-0.39, 0.29) is 5.69 Å². The fourth-order valence-electron chi connectivity index (χ4n) is 1.18. The monoisotopic (exact) mass is 248 g/mol. The van der Waals surface area contributed by atoms with E-state index in [1.54, 1.807) is 0 Å². The van der Waals surface area contributed by atoms with Gasteiger partial charge < -0.3 is 5.32 Å². The van der Waals surface area contributed by atoms with Gasteiger partial charge in [0, 0.05) is 0 Å². The molecule has 0 atom stereocenters. The Balaban J connectivity index is 2.25. The molecule has 2 rings (SSSR count). The van der Waals surface area contributed by atoms with Gasteiger partial charge in [-0.2, -0.15) is 5.26 Å². The minimum atomic E-state index is -0.404. The zero-order valence-corrected chi connectivity index (χ0v) is 9.24. The second-order valence-electron chi connectivity index (χ2n) is 3.15. The Hall–Kier alpha value is -2.19. The first-order valence-electron chi connectivity index (χ1n) is 4.63. The van der Waals surface area contributed by atoms with Crippen LogP contribution >= 0.6 is 11.6 Å². The molecule has 1 aromatic heterocycles. The molecule has 0 aliphatic carbocycles. The number of aromatic nitrogens is 2. The third kappa shape index (κ3) is 2.68. The van der Waals surface area contributed by atoms with Gasteiger partial charge in [-0.15, -0.1) is 0 Å². The first-order valence-corrected chi connectivity index (χ1v) is 5.01. The Labute approximate surface area is 102 Å². The number of rotatable bonds is 2. The lowest BCUT2D eigenvalue weighted by Crippen LogP contribution is -1.96. The number of benzene rings is 1. The van der Waals surface area contributed by atoms with Crippen LogP contribution in [-0.2, 0) is 0 Å². The van der Waals surface area contributed by atoms with Gasteiger partial charge in [0.25, 0.3) is 0 Å². The average molecular weight is 249 g/mol. The van der Waals surface area contributed by atoms with Gasteiger partial charge >= 0.3 is 0 Å². The van der Waals surface area contributed by atoms with Gasteiger partial charge in [-0.3, -0.25) is 0 Å².